The molecule has 0 saturated carbocycles. The highest BCUT2D eigenvalue weighted by atomic mass is 16.7. The number of epoxide rings is 2. The van der Waals surface area contributed by atoms with E-state index < -0.39 is 11.2 Å². The molecule has 0 aromatic rings. The molecule has 0 amide bonds. The van der Waals surface area contributed by atoms with Gasteiger partial charge in [0.05, 0.1) is 12.7 Å². The Morgan fingerprint density at radius 3 is 2.45 bits per heavy atom. The summed E-state index contributed by atoms with van der Waals surface area (Å²) < 4.78 is 10.8. The Balaban J connectivity index is 2.13. The molecule has 2 heterocycles. The Morgan fingerprint density at radius 2 is 2.05 bits per heavy atom. The number of ether oxygens (including phenoxy) is 2. The number of cyclic esters (lactones) is 1. The van der Waals surface area contributed by atoms with Gasteiger partial charge in [0.1, 0.15) is 5.60 Å². The largest absolute Gasteiger partial charge is 0.441 e. The Kier molecular flexibility index (Phi) is 5.54. The Hall–Kier alpha value is -0.610. The predicted molar refractivity (Wildman–Crippen MR) is 85.5 cm³/mol. The van der Waals surface area contributed by atoms with Gasteiger partial charge in [0.25, 0.3) is 0 Å². The molecule has 4 nitrogen and oxygen atoms in total. The zero-order valence-electron chi connectivity index (χ0n) is 14.6. The van der Waals surface area contributed by atoms with Crippen LogP contribution in [0.5, 0.6) is 0 Å². The molecule has 0 aromatic heterocycles. The van der Waals surface area contributed by atoms with E-state index in [-0.39, 0.29) is 12.1 Å². The molecular weight excluding hydrogens is 280 g/mol. The first-order valence-electron chi connectivity index (χ1n) is 8.94. The van der Waals surface area contributed by atoms with E-state index in [0.29, 0.717) is 37.7 Å². The van der Waals surface area contributed by atoms with Gasteiger partial charge in [0, 0.05) is 12.8 Å². The molecule has 4 heteroatoms. The molecule has 2 rings (SSSR count). The van der Waals surface area contributed by atoms with Gasteiger partial charge in [-0.2, -0.15) is 0 Å². The van der Waals surface area contributed by atoms with Crippen molar-refractivity contribution in [2.24, 2.45) is 11.8 Å². The summed E-state index contributed by atoms with van der Waals surface area (Å²) in [7, 11) is 0. The monoisotopic (exact) mass is 312 g/mol. The lowest BCUT2D eigenvalue weighted by Gasteiger charge is -2.35. The molecule has 4 atom stereocenters. The molecule has 0 spiro atoms. The van der Waals surface area contributed by atoms with E-state index >= 15 is 0 Å². The van der Waals surface area contributed by atoms with Crippen LogP contribution >= 0.6 is 0 Å². The fourth-order valence-electron chi connectivity index (χ4n) is 3.70. The second kappa shape index (κ2) is 6.88. The summed E-state index contributed by atoms with van der Waals surface area (Å²) in [5, 5.41) is 11.4. The summed E-state index contributed by atoms with van der Waals surface area (Å²) in [6.07, 6.45) is 6.31. The number of unbranched alkanes of at least 4 members (excludes halogenated alkanes) is 1. The molecule has 2 fully saturated rings. The molecule has 3 unspecified atom stereocenters. The minimum atomic E-state index is -1.08. The third kappa shape index (κ3) is 3.83. The number of carbonyl (C=O) groups excluding carboxylic acids is 1. The highest BCUT2D eigenvalue weighted by Gasteiger charge is 2.71. The van der Waals surface area contributed by atoms with Crippen LogP contribution in [0.2, 0.25) is 0 Å². The van der Waals surface area contributed by atoms with Crippen molar-refractivity contribution >= 4 is 5.97 Å². The van der Waals surface area contributed by atoms with Crippen LogP contribution in [0.1, 0.15) is 72.6 Å². The van der Waals surface area contributed by atoms with Gasteiger partial charge in [-0.3, -0.25) is 0 Å². The molecule has 2 saturated heterocycles. The van der Waals surface area contributed by atoms with Crippen LogP contribution in [0.25, 0.3) is 0 Å². The lowest BCUT2D eigenvalue weighted by molar-refractivity contribution is -0.118. The van der Waals surface area contributed by atoms with Crippen molar-refractivity contribution in [1.29, 1.82) is 0 Å². The normalized spacial score (nSPS) is 30.8. The topological polar surface area (TPSA) is 62.4 Å². The van der Waals surface area contributed by atoms with Gasteiger partial charge in [0.2, 0.25) is 5.60 Å². The molecule has 1 N–H and O–H groups in total. The van der Waals surface area contributed by atoms with Gasteiger partial charge in [-0.05, 0) is 18.3 Å². The Labute approximate surface area is 134 Å². The van der Waals surface area contributed by atoms with E-state index in [1.807, 2.05) is 0 Å². The van der Waals surface area contributed by atoms with Crippen LogP contribution in [0.4, 0.5) is 0 Å². The van der Waals surface area contributed by atoms with Gasteiger partial charge in [0.15, 0.2) is 0 Å². The van der Waals surface area contributed by atoms with Gasteiger partial charge in [-0.25, -0.2) is 4.79 Å². The van der Waals surface area contributed by atoms with Crippen LogP contribution in [0, 0.1) is 11.8 Å². The van der Waals surface area contributed by atoms with Crippen molar-refractivity contribution in [2.75, 3.05) is 6.61 Å². The van der Waals surface area contributed by atoms with Gasteiger partial charge < -0.3 is 14.6 Å². The highest BCUT2D eigenvalue weighted by Crippen LogP contribution is 2.51. The molecule has 0 radical (unpaired) electrons. The van der Waals surface area contributed by atoms with E-state index in [2.05, 4.69) is 27.7 Å². The fourth-order valence-corrected chi connectivity index (χ4v) is 3.70. The van der Waals surface area contributed by atoms with Crippen molar-refractivity contribution in [2.45, 2.75) is 89.9 Å². The smallest absolute Gasteiger partial charge is 0.354 e. The van der Waals surface area contributed by atoms with Crippen molar-refractivity contribution in [3.63, 3.8) is 0 Å². The Morgan fingerprint density at radius 1 is 1.41 bits per heavy atom. The lowest BCUT2D eigenvalue weighted by Crippen LogP contribution is -2.49. The van der Waals surface area contributed by atoms with Crippen molar-refractivity contribution in [3.8, 4) is 0 Å². The fraction of sp³-hybridized carbons (Fsp3) is 0.944. The van der Waals surface area contributed by atoms with E-state index in [1.165, 1.54) is 6.42 Å². The number of hydrogen-bond acceptors (Lipinski definition) is 4. The van der Waals surface area contributed by atoms with Gasteiger partial charge in [-0.15, -0.1) is 0 Å². The average Bonchev–Trinajstić information content (AvgIpc) is 3.34. The summed E-state index contributed by atoms with van der Waals surface area (Å²) in [6.45, 7) is 9.18. The molecule has 2 aliphatic heterocycles. The molecule has 128 valence electrons. The minimum absolute atomic E-state index is 0.0923. The lowest BCUT2D eigenvalue weighted by atomic mass is 9.72. The molecule has 0 aromatic carbocycles. The second-order valence-electron chi connectivity index (χ2n) is 7.63. The number of carbonyl (C=O) groups is 1. The molecule has 0 bridgehead atoms. The number of hydrogen-bond donors (Lipinski definition) is 1. The third-order valence-electron chi connectivity index (χ3n) is 5.14. The summed E-state index contributed by atoms with van der Waals surface area (Å²) in [5.74, 6) is 0.522. The van der Waals surface area contributed by atoms with Crippen molar-refractivity contribution in [1.82, 2.24) is 0 Å². The summed E-state index contributed by atoms with van der Waals surface area (Å²) in [6, 6.07) is 0. The van der Waals surface area contributed by atoms with E-state index in [4.69, 9.17) is 9.47 Å². The third-order valence-corrected chi connectivity index (χ3v) is 5.14. The van der Waals surface area contributed by atoms with Crippen LogP contribution in [0.3, 0.4) is 0 Å². The van der Waals surface area contributed by atoms with Crippen LogP contribution < -0.4 is 0 Å². The van der Waals surface area contributed by atoms with E-state index in [1.54, 1.807) is 0 Å². The summed E-state index contributed by atoms with van der Waals surface area (Å²) >= 11 is 0. The summed E-state index contributed by atoms with van der Waals surface area (Å²) in [5.41, 5.74) is -2.06. The zero-order chi connectivity index (χ0) is 16.4. The van der Waals surface area contributed by atoms with Crippen LogP contribution in [-0.2, 0) is 14.3 Å². The maximum absolute atomic E-state index is 12.1. The first-order chi connectivity index (χ1) is 10.4. The quantitative estimate of drug-likeness (QED) is 0.594. The van der Waals surface area contributed by atoms with Crippen molar-refractivity contribution < 1.29 is 19.4 Å². The second-order valence-corrected chi connectivity index (χ2v) is 7.63. The highest BCUT2D eigenvalue weighted by molar-refractivity contribution is 5.94. The summed E-state index contributed by atoms with van der Waals surface area (Å²) in [4.78, 5) is 12.1. The number of aliphatic hydroxyl groups is 1. The maximum Gasteiger partial charge on any atom is 0.354 e. The first kappa shape index (κ1) is 17.7. The average molecular weight is 312 g/mol. The first-order valence-corrected chi connectivity index (χ1v) is 8.94. The van der Waals surface area contributed by atoms with Gasteiger partial charge in [-0.1, -0.05) is 53.4 Å². The molecule has 2 aliphatic rings. The Bertz CT molecular complexity index is 391. The predicted octanol–water partition coefficient (Wildman–Crippen LogP) is 3.45. The van der Waals surface area contributed by atoms with Crippen LogP contribution in [-0.4, -0.2) is 35.0 Å². The maximum atomic E-state index is 12.1. The molecular formula is C18H32O4. The molecule has 22 heavy (non-hydrogen) atoms. The molecule has 0 aliphatic carbocycles. The van der Waals surface area contributed by atoms with Crippen LogP contribution in [0.15, 0.2) is 0 Å². The minimum Gasteiger partial charge on any atom is -0.441 e. The number of rotatable bonds is 11. The SMILES string of the molecule is CCCCC(CC)CC(O)(CC1CO1)[C@@]1(CC(C)C)OC1=O. The zero-order valence-corrected chi connectivity index (χ0v) is 14.6. The van der Waals surface area contributed by atoms with E-state index in [0.717, 1.165) is 19.3 Å². The van der Waals surface area contributed by atoms with Gasteiger partial charge >= 0.3 is 5.97 Å². The standard InChI is InChI=1S/C18H32O4/c1-5-7-8-14(6-2)10-17(20,11-15-12-21-15)18(9-13(3)4)16(19)22-18/h13-15,20H,5-12H2,1-4H3/t14?,15?,17?,18-/m0/s1. The van der Waals surface area contributed by atoms with Crippen molar-refractivity contribution in [3.05, 3.63) is 0 Å². The van der Waals surface area contributed by atoms with E-state index in [9.17, 15) is 9.90 Å².